The fourth-order valence-electron chi connectivity index (χ4n) is 2.75. The summed E-state index contributed by atoms with van der Waals surface area (Å²) >= 11 is 0. The molecule has 1 aromatic carbocycles. The van der Waals surface area contributed by atoms with Crippen molar-refractivity contribution in [2.75, 3.05) is 5.32 Å². The first-order chi connectivity index (χ1) is 10.4. The van der Waals surface area contributed by atoms with Gasteiger partial charge in [-0.05, 0) is 31.7 Å². The molecule has 2 rings (SSSR count). The summed E-state index contributed by atoms with van der Waals surface area (Å²) in [5.74, 6) is -2.00. The summed E-state index contributed by atoms with van der Waals surface area (Å²) in [6.45, 7) is 1.75. The molecule has 2 atom stereocenters. The number of carboxylic acid groups (broad SMARTS) is 1. The third-order valence-electron chi connectivity index (χ3n) is 4.08. The number of nitro groups is 1. The van der Waals surface area contributed by atoms with Gasteiger partial charge in [0, 0.05) is 18.1 Å². The average Bonchev–Trinajstić information content (AvgIpc) is 2.49. The van der Waals surface area contributed by atoms with Gasteiger partial charge >= 0.3 is 5.97 Å². The second kappa shape index (κ2) is 6.55. The van der Waals surface area contributed by atoms with Crippen LogP contribution in [0.25, 0.3) is 0 Å². The van der Waals surface area contributed by atoms with Crippen LogP contribution in [0.15, 0.2) is 18.2 Å². The smallest absolute Gasteiger partial charge is 0.306 e. The van der Waals surface area contributed by atoms with Crippen molar-refractivity contribution in [3.05, 3.63) is 33.9 Å². The van der Waals surface area contributed by atoms with Crippen LogP contribution in [-0.4, -0.2) is 21.9 Å². The predicted octanol–water partition coefficient (Wildman–Crippen LogP) is 2.73. The minimum Gasteiger partial charge on any atom is -0.481 e. The highest BCUT2D eigenvalue weighted by atomic mass is 16.6. The molecule has 0 bridgehead atoms. The number of carbonyl (C=O) groups excluding carboxylic acids is 1. The lowest BCUT2D eigenvalue weighted by Crippen LogP contribution is -2.31. The lowest BCUT2D eigenvalue weighted by Gasteiger charge is -2.25. The molecule has 1 saturated carbocycles. The van der Waals surface area contributed by atoms with Gasteiger partial charge < -0.3 is 10.4 Å². The molecular weight excluding hydrogens is 288 g/mol. The van der Waals surface area contributed by atoms with Gasteiger partial charge in [-0.2, -0.15) is 0 Å². The van der Waals surface area contributed by atoms with E-state index in [1.54, 1.807) is 13.0 Å². The summed E-state index contributed by atoms with van der Waals surface area (Å²) in [7, 11) is 0. The number of aliphatic carboxylic acids is 1. The lowest BCUT2D eigenvalue weighted by atomic mass is 9.81. The van der Waals surface area contributed by atoms with Crippen LogP contribution in [-0.2, 0) is 9.59 Å². The van der Waals surface area contributed by atoms with E-state index in [1.807, 2.05) is 0 Å². The first-order valence-corrected chi connectivity index (χ1v) is 7.17. The molecule has 1 amide bonds. The minimum atomic E-state index is -0.871. The minimum absolute atomic E-state index is 0.0899. The Morgan fingerprint density at radius 2 is 2.00 bits per heavy atom. The maximum atomic E-state index is 12.3. The van der Waals surface area contributed by atoms with E-state index in [1.165, 1.54) is 12.1 Å². The molecule has 118 valence electrons. The largest absolute Gasteiger partial charge is 0.481 e. The van der Waals surface area contributed by atoms with Crippen LogP contribution in [0.3, 0.4) is 0 Å². The number of benzene rings is 1. The van der Waals surface area contributed by atoms with Crippen molar-refractivity contribution in [2.24, 2.45) is 11.8 Å². The van der Waals surface area contributed by atoms with Crippen molar-refractivity contribution in [1.82, 2.24) is 0 Å². The Balaban J connectivity index is 2.10. The van der Waals surface area contributed by atoms with E-state index < -0.39 is 16.8 Å². The van der Waals surface area contributed by atoms with Crippen molar-refractivity contribution in [1.29, 1.82) is 0 Å². The zero-order chi connectivity index (χ0) is 16.3. The number of anilines is 1. The molecular formula is C15H18N2O5. The van der Waals surface area contributed by atoms with Crippen LogP contribution in [0.5, 0.6) is 0 Å². The first kappa shape index (κ1) is 15.9. The number of aryl methyl sites for hydroxylation is 1. The number of non-ortho nitro benzene ring substituents is 1. The van der Waals surface area contributed by atoms with Crippen LogP contribution < -0.4 is 5.32 Å². The number of nitrogens with one attached hydrogen (secondary N) is 1. The average molecular weight is 306 g/mol. The Morgan fingerprint density at radius 1 is 1.32 bits per heavy atom. The maximum Gasteiger partial charge on any atom is 0.306 e. The summed E-state index contributed by atoms with van der Waals surface area (Å²) in [6.07, 6.45) is 2.25. The van der Waals surface area contributed by atoms with E-state index in [0.29, 0.717) is 31.4 Å². The Hall–Kier alpha value is -2.44. The molecule has 22 heavy (non-hydrogen) atoms. The van der Waals surface area contributed by atoms with Crippen molar-refractivity contribution >= 4 is 23.3 Å². The number of rotatable bonds is 4. The van der Waals surface area contributed by atoms with Crippen molar-refractivity contribution < 1.29 is 19.6 Å². The number of carboxylic acids is 1. The fraction of sp³-hybridized carbons (Fsp3) is 0.467. The Bertz CT molecular complexity index is 614. The van der Waals surface area contributed by atoms with Gasteiger partial charge in [-0.3, -0.25) is 19.7 Å². The molecule has 0 aromatic heterocycles. The van der Waals surface area contributed by atoms with E-state index >= 15 is 0 Å². The van der Waals surface area contributed by atoms with Gasteiger partial charge in [0.15, 0.2) is 0 Å². The third-order valence-corrected chi connectivity index (χ3v) is 4.08. The highest BCUT2D eigenvalue weighted by Gasteiger charge is 2.31. The highest BCUT2D eigenvalue weighted by Crippen LogP contribution is 2.31. The molecule has 0 radical (unpaired) electrons. The molecule has 1 aliphatic rings. The van der Waals surface area contributed by atoms with Crippen molar-refractivity contribution in [3.8, 4) is 0 Å². The standard InChI is InChI=1S/C15H18N2O5/c1-9-5-6-12(17(21)22)8-13(9)16-14(18)10-3-2-4-11(7-10)15(19)20/h5-6,8,10-11H,2-4,7H2,1H3,(H,16,18)(H,19,20). The van der Waals surface area contributed by atoms with Gasteiger partial charge in [-0.15, -0.1) is 0 Å². The zero-order valence-electron chi connectivity index (χ0n) is 12.2. The van der Waals surface area contributed by atoms with Crippen LogP contribution in [0.2, 0.25) is 0 Å². The van der Waals surface area contributed by atoms with E-state index in [0.717, 1.165) is 5.56 Å². The second-order valence-electron chi connectivity index (χ2n) is 5.64. The highest BCUT2D eigenvalue weighted by molar-refractivity contribution is 5.94. The predicted molar refractivity (Wildman–Crippen MR) is 79.5 cm³/mol. The monoisotopic (exact) mass is 306 g/mol. The third kappa shape index (κ3) is 3.60. The maximum absolute atomic E-state index is 12.3. The fourth-order valence-corrected chi connectivity index (χ4v) is 2.75. The lowest BCUT2D eigenvalue weighted by molar-refractivity contribution is -0.384. The molecule has 0 saturated heterocycles. The van der Waals surface area contributed by atoms with Gasteiger partial charge in [0.25, 0.3) is 5.69 Å². The van der Waals surface area contributed by atoms with Gasteiger partial charge in [-0.25, -0.2) is 0 Å². The topological polar surface area (TPSA) is 110 Å². The Labute approximate surface area is 127 Å². The number of amides is 1. The molecule has 0 heterocycles. The number of nitrogens with zero attached hydrogens (tertiary/aromatic N) is 1. The van der Waals surface area contributed by atoms with Crippen molar-refractivity contribution in [3.63, 3.8) is 0 Å². The van der Waals surface area contributed by atoms with Crippen LogP contribution in [0.4, 0.5) is 11.4 Å². The molecule has 1 fully saturated rings. The van der Waals surface area contributed by atoms with Gasteiger partial charge in [-0.1, -0.05) is 12.5 Å². The molecule has 0 aliphatic heterocycles. The van der Waals surface area contributed by atoms with E-state index in [9.17, 15) is 19.7 Å². The van der Waals surface area contributed by atoms with Crippen LogP contribution in [0, 0.1) is 28.9 Å². The zero-order valence-corrected chi connectivity index (χ0v) is 12.2. The van der Waals surface area contributed by atoms with E-state index in [-0.39, 0.29) is 17.5 Å². The molecule has 2 unspecified atom stereocenters. The quantitative estimate of drug-likeness (QED) is 0.656. The van der Waals surface area contributed by atoms with E-state index in [2.05, 4.69) is 5.32 Å². The van der Waals surface area contributed by atoms with Gasteiger partial charge in [0.1, 0.15) is 0 Å². The molecule has 1 aromatic rings. The molecule has 7 heteroatoms. The number of carbonyl (C=O) groups is 2. The summed E-state index contributed by atoms with van der Waals surface area (Å²) in [6, 6.07) is 4.28. The van der Waals surface area contributed by atoms with Crippen molar-refractivity contribution in [2.45, 2.75) is 32.6 Å². The van der Waals surface area contributed by atoms with Crippen LogP contribution >= 0.6 is 0 Å². The van der Waals surface area contributed by atoms with Crippen LogP contribution in [0.1, 0.15) is 31.2 Å². The Morgan fingerprint density at radius 3 is 2.64 bits per heavy atom. The molecule has 0 spiro atoms. The SMILES string of the molecule is Cc1ccc([N+](=O)[O-])cc1NC(=O)C1CCCC(C(=O)O)C1. The number of hydrogen-bond donors (Lipinski definition) is 2. The summed E-state index contributed by atoms with van der Waals surface area (Å²) in [5, 5.41) is 22.6. The summed E-state index contributed by atoms with van der Waals surface area (Å²) < 4.78 is 0. The normalized spacial score (nSPS) is 21.1. The molecule has 7 nitrogen and oxygen atoms in total. The van der Waals surface area contributed by atoms with Gasteiger partial charge in [0.2, 0.25) is 5.91 Å². The molecule has 1 aliphatic carbocycles. The van der Waals surface area contributed by atoms with E-state index in [4.69, 9.17) is 5.11 Å². The summed E-state index contributed by atoms with van der Waals surface area (Å²) in [5.41, 5.74) is 1.04. The van der Waals surface area contributed by atoms with Gasteiger partial charge in [0.05, 0.1) is 16.5 Å². The summed E-state index contributed by atoms with van der Waals surface area (Å²) in [4.78, 5) is 33.6. The number of hydrogen-bond acceptors (Lipinski definition) is 4. The number of nitro benzene ring substituents is 1. The molecule has 2 N–H and O–H groups in total. The first-order valence-electron chi connectivity index (χ1n) is 7.17. The second-order valence-corrected chi connectivity index (χ2v) is 5.64. The Kier molecular flexibility index (Phi) is 4.75.